The topological polar surface area (TPSA) is 55.1 Å². The van der Waals surface area contributed by atoms with Crippen LogP contribution in [0.5, 0.6) is 0 Å². The van der Waals surface area contributed by atoms with E-state index in [9.17, 15) is 4.79 Å². The Morgan fingerprint density at radius 2 is 1.89 bits per heavy atom. The van der Waals surface area contributed by atoms with E-state index in [1.807, 2.05) is 26.0 Å². The number of nitrogen functional groups attached to an aromatic ring is 1. The Morgan fingerprint density at radius 3 is 2.53 bits per heavy atom. The van der Waals surface area contributed by atoms with Crippen LogP contribution in [0, 0.1) is 13.8 Å². The fourth-order valence-electron chi connectivity index (χ4n) is 1.83. The van der Waals surface area contributed by atoms with E-state index in [1.165, 1.54) is 0 Å². The van der Waals surface area contributed by atoms with Gasteiger partial charge in [0.15, 0.2) is 0 Å². The molecule has 0 saturated heterocycles. The summed E-state index contributed by atoms with van der Waals surface area (Å²) in [5.74, 6) is -0.194. The lowest BCUT2D eigenvalue weighted by molar-refractivity contribution is 0.102. The highest BCUT2D eigenvalue weighted by Crippen LogP contribution is 2.24. The zero-order chi connectivity index (χ0) is 14.0. The van der Waals surface area contributed by atoms with Gasteiger partial charge in [0, 0.05) is 10.6 Å². The molecule has 0 aliphatic rings. The molecule has 2 aromatic carbocycles. The largest absolute Gasteiger partial charge is 0.397 e. The van der Waals surface area contributed by atoms with E-state index < -0.39 is 0 Å². The number of para-hydroxylation sites is 1. The van der Waals surface area contributed by atoms with Gasteiger partial charge in [-0.15, -0.1) is 0 Å². The number of carbonyl (C=O) groups excluding carboxylic acids is 1. The summed E-state index contributed by atoms with van der Waals surface area (Å²) in [6.07, 6.45) is 0. The van der Waals surface area contributed by atoms with Crippen molar-refractivity contribution in [3.05, 3.63) is 58.1 Å². The summed E-state index contributed by atoms with van der Waals surface area (Å²) in [4.78, 5) is 12.2. The highest BCUT2D eigenvalue weighted by Gasteiger charge is 2.10. The Kier molecular flexibility index (Phi) is 3.76. The highest BCUT2D eigenvalue weighted by atomic mass is 35.5. The molecule has 2 aromatic rings. The summed E-state index contributed by atoms with van der Waals surface area (Å²) in [5.41, 5.74) is 9.43. The SMILES string of the molecule is Cc1cc(C(=O)Nc2c(C)cccc2N)ccc1Cl. The fraction of sp³-hybridized carbons (Fsp3) is 0.133. The number of hydrogen-bond donors (Lipinski definition) is 2. The summed E-state index contributed by atoms with van der Waals surface area (Å²) in [5, 5.41) is 3.48. The molecule has 98 valence electrons. The average molecular weight is 275 g/mol. The zero-order valence-electron chi connectivity index (χ0n) is 10.8. The van der Waals surface area contributed by atoms with Crippen LogP contribution >= 0.6 is 11.6 Å². The summed E-state index contributed by atoms with van der Waals surface area (Å²) >= 11 is 5.94. The number of hydrogen-bond acceptors (Lipinski definition) is 2. The van der Waals surface area contributed by atoms with Crippen LogP contribution in [0.15, 0.2) is 36.4 Å². The predicted octanol–water partition coefficient (Wildman–Crippen LogP) is 3.79. The Balaban J connectivity index is 2.28. The molecule has 0 fully saturated rings. The normalized spacial score (nSPS) is 10.3. The fourth-order valence-corrected chi connectivity index (χ4v) is 1.95. The number of amides is 1. The van der Waals surface area contributed by atoms with Gasteiger partial charge in [-0.25, -0.2) is 0 Å². The third-order valence-electron chi connectivity index (χ3n) is 2.96. The molecule has 0 bridgehead atoms. The van der Waals surface area contributed by atoms with Crippen LogP contribution in [-0.4, -0.2) is 5.91 Å². The van der Waals surface area contributed by atoms with Crippen molar-refractivity contribution in [1.29, 1.82) is 0 Å². The predicted molar refractivity (Wildman–Crippen MR) is 79.7 cm³/mol. The Hall–Kier alpha value is -2.00. The zero-order valence-corrected chi connectivity index (χ0v) is 11.6. The molecule has 3 N–H and O–H groups in total. The van der Waals surface area contributed by atoms with E-state index in [-0.39, 0.29) is 5.91 Å². The molecule has 2 rings (SSSR count). The summed E-state index contributed by atoms with van der Waals surface area (Å²) in [7, 11) is 0. The van der Waals surface area contributed by atoms with Crippen molar-refractivity contribution in [3.63, 3.8) is 0 Å². The number of benzene rings is 2. The molecule has 0 saturated carbocycles. The lowest BCUT2D eigenvalue weighted by Gasteiger charge is -2.11. The Bertz CT molecular complexity index is 618. The lowest BCUT2D eigenvalue weighted by atomic mass is 10.1. The van der Waals surface area contributed by atoms with Crippen molar-refractivity contribution in [2.45, 2.75) is 13.8 Å². The van der Waals surface area contributed by atoms with Gasteiger partial charge in [0.05, 0.1) is 11.4 Å². The molecule has 4 heteroatoms. The molecule has 19 heavy (non-hydrogen) atoms. The molecule has 0 aliphatic carbocycles. The van der Waals surface area contributed by atoms with E-state index in [0.29, 0.717) is 22.0 Å². The van der Waals surface area contributed by atoms with E-state index in [1.54, 1.807) is 24.3 Å². The Labute approximate surface area is 117 Å². The van der Waals surface area contributed by atoms with E-state index in [2.05, 4.69) is 5.32 Å². The monoisotopic (exact) mass is 274 g/mol. The first-order chi connectivity index (χ1) is 8.99. The first-order valence-electron chi connectivity index (χ1n) is 5.91. The molecule has 0 radical (unpaired) electrons. The molecule has 0 unspecified atom stereocenters. The number of carbonyl (C=O) groups is 1. The van der Waals surface area contributed by atoms with Crippen LogP contribution < -0.4 is 11.1 Å². The van der Waals surface area contributed by atoms with Crippen LogP contribution in [0.2, 0.25) is 5.02 Å². The second kappa shape index (κ2) is 5.33. The quantitative estimate of drug-likeness (QED) is 0.819. The van der Waals surface area contributed by atoms with Gasteiger partial charge in [0.2, 0.25) is 0 Å². The molecule has 0 heterocycles. The maximum absolute atomic E-state index is 12.2. The lowest BCUT2D eigenvalue weighted by Crippen LogP contribution is -2.14. The molecule has 0 aromatic heterocycles. The first kappa shape index (κ1) is 13.4. The van der Waals surface area contributed by atoms with Gasteiger partial charge < -0.3 is 11.1 Å². The van der Waals surface area contributed by atoms with Crippen molar-refractivity contribution < 1.29 is 4.79 Å². The number of anilines is 2. The standard InChI is InChI=1S/C15H15ClN2O/c1-9-4-3-5-13(17)14(9)18-15(19)11-6-7-12(16)10(2)8-11/h3-8H,17H2,1-2H3,(H,18,19). The van der Waals surface area contributed by atoms with Gasteiger partial charge in [0.1, 0.15) is 0 Å². The number of rotatable bonds is 2. The minimum Gasteiger partial charge on any atom is -0.397 e. The summed E-state index contributed by atoms with van der Waals surface area (Å²) < 4.78 is 0. The maximum Gasteiger partial charge on any atom is 0.255 e. The minimum absolute atomic E-state index is 0.194. The van der Waals surface area contributed by atoms with Gasteiger partial charge in [0.25, 0.3) is 5.91 Å². The number of nitrogens with two attached hydrogens (primary N) is 1. The maximum atomic E-state index is 12.2. The molecule has 0 atom stereocenters. The first-order valence-corrected chi connectivity index (χ1v) is 6.29. The summed E-state index contributed by atoms with van der Waals surface area (Å²) in [6.45, 7) is 3.76. The van der Waals surface area contributed by atoms with Gasteiger partial charge >= 0.3 is 0 Å². The number of aryl methyl sites for hydroxylation is 2. The van der Waals surface area contributed by atoms with Gasteiger partial charge in [-0.2, -0.15) is 0 Å². The smallest absolute Gasteiger partial charge is 0.255 e. The highest BCUT2D eigenvalue weighted by molar-refractivity contribution is 6.31. The molecule has 0 spiro atoms. The molecule has 1 amide bonds. The van der Waals surface area contributed by atoms with Crippen LogP contribution in [0.4, 0.5) is 11.4 Å². The van der Waals surface area contributed by atoms with Crippen molar-refractivity contribution in [2.75, 3.05) is 11.1 Å². The van der Waals surface area contributed by atoms with Crippen molar-refractivity contribution >= 4 is 28.9 Å². The number of nitrogens with one attached hydrogen (secondary N) is 1. The molecule has 3 nitrogen and oxygen atoms in total. The molecular formula is C15H15ClN2O. The van der Waals surface area contributed by atoms with Crippen LogP contribution in [-0.2, 0) is 0 Å². The second-order valence-electron chi connectivity index (χ2n) is 4.46. The second-order valence-corrected chi connectivity index (χ2v) is 4.86. The summed E-state index contributed by atoms with van der Waals surface area (Å²) in [6, 6.07) is 10.7. The third-order valence-corrected chi connectivity index (χ3v) is 3.39. The average Bonchev–Trinajstić information content (AvgIpc) is 2.37. The third kappa shape index (κ3) is 2.88. The van der Waals surface area contributed by atoms with Gasteiger partial charge in [-0.1, -0.05) is 23.7 Å². The van der Waals surface area contributed by atoms with Crippen LogP contribution in [0.25, 0.3) is 0 Å². The van der Waals surface area contributed by atoms with E-state index >= 15 is 0 Å². The molecular weight excluding hydrogens is 260 g/mol. The van der Waals surface area contributed by atoms with E-state index in [4.69, 9.17) is 17.3 Å². The van der Waals surface area contributed by atoms with Crippen molar-refractivity contribution in [2.24, 2.45) is 0 Å². The minimum atomic E-state index is -0.194. The van der Waals surface area contributed by atoms with Crippen molar-refractivity contribution in [3.8, 4) is 0 Å². The van der Waals surface area contributed by atoms with Crippen molar-refractivity contribution in [1.82, 2.24) is 0 Å². The Morgan fingerprint density at radius 1 is 1.16 bits per heavy atom. The van der Waals surface area contributed by atoms with Gasteiger partial charge in [-0.3, -0.25) is 4.79 Å². The van der Waals surface area contributed by atoms with Gasteiger partial charge in [-0.05, 0) is 49.2 Å². The van der Waals surface area contributed by atoms with Crippen LogP contribution in [0.1, 0.15) is 21.5 Å². The molecule has 0 aliphatic heterocycles. The number of halogens is 1. The van der Waals surface area contributed by atoms with Crippen LogP contribution in [0.3, 0.4) is 0 Å². The van der Waals surface area contributed by atoms with E-state index in [0.717, 1.165) is 11.1 Å².